The molecule has 0 amide bonds. The number of nitrogens with two attached hydrogens (primary N) is 2. The zero-order valence-corrected chi connectivity index (χ0v) is 11.2. The van der Waals surface area contributed by atoms with Gasteiger partial charge in [0.15, 0.2) is 0 Å². The summed E-state index contributed by atoms with van der Waals surface area (Å²) in [5, 5.41) is 0. The fourth-order valence-electron chi connectivity index (χ4n) is 2.72. The summed E-state index contributed by atoms with van der Waals surface area (Å²) in [4.78, 5) is 0. The smallest absolute Gasteiger partial charge is 0.0125 e. The lowest BCUT2D eigenvalue weighted by Gasteiger charge is -2.28. The number of rotatable bonds is 0. The van der Waals surface area contributed by atoms with Gasteiger partial charge in [0.1, 0.15) is 0 Å². The summed E-state index contributed by atoms with van der Waals surface area (Å²) in [6, 6.07) is 0. The molecule has 0 saturated heterocycles. The third kappa shape index (κ3) is 5.86. The molecule has 0 spiro atoms. The fourth-order valence-corrected chi connectivity index (χ4v) is 2.72. The molecule has 0 heterocycles. The van der Waals surface area contributed by atoms with E-state index in [1.165, 1.54) is 64.2 Å². The number of hydrogen-bond acceptors (Lipinski definition) is 2. The maximum Gasteiger partial charge on any atom is 0.0125 e. The Morgan fingerprint density at radius 2 is 0.812 bits per heavy atom. The first kappa shape index (κ1) is 14.0. The zero-order chi connectivity index (χ0) is 12.1. The van der Waals surface area contributed by atoms with Crippen molar-refractivity contribution in [2.24, 2.45) is 11.5 Å². The van der Waals surface area contributed by atoms with Crippen molar-refractivity contribution in [3.8, 4) is 0 Å². The molecule has 0 bridgehead atoms. The molecule has 0 atom stereocenters. The zero-order valence-electron chi connectivity index (χ0n) is 11.2. The Labute approximate surface area is 101 Å². The van der Waals surface area contributed by atoms with Crippen LogP contribution in [0.3, 0.4) is 0 Å². The predicted octanol–water partition coefficient (Wildman–Crippen LogP) is 3.34. The van der Waals surface area contributed by atoms with Crippen LogP contribution in [0.15, 0.2) is 0 Å². The third-order valence-electron chi connectivity index (χ3n) is 3.99. The molecule has 0 radical (unpaired) electrons. The molecular weight excluding hydrogens is 196 g/mol. The van der Waals surface area contributed by atoms with Crippen LogP contribution in [0, 0.1) is 0 Å². The maximum atomic E-state index is 6.29. The van der Waals surface area contributed by atoms with Gasteiger partial charge in [0.25, 0.3) is 0 Å². The molecule has 1 rings (SSSR count). The van der Waals surface area contributed by atoms with Gasteiger partial charge >= 0.3 is 0 Å². The Balaban J connectivity index is 2.39. The summed E-state index contributed by atoms with van der Waals surface area (Å²) in [7, 11) is 0. The molecule has 4 N–H and O–H groups in total. The Hall–Kier alpha value is -0.0800. The largest absolute Gasteiger partial charge is 0.325 e. The molecule has 1 fully saturated rings. The first-order valence-electron chi connectivity index (χ1n) is 6.99. The van der Waals surface area contributed by atoms with Crippen LogP contribution >= 0.6 is 0 Å². The standard InChI is InChI=1S/C14H30N2/c1-13(15)9-5-3-7-11-14(2,16)12-8-4-6-10-13/h3-12,15-16H2,1-2H3. The van der Waals surface area contributed by atoms with Crippen molar-refractivity contribution in [2.75, 3.05) is 0 Å². The van der Waals surface area contributed by atoms with E-state index in [1.54, 1.807) is 0 Å². The summed E-state index contributed by atoms with van der Waals surface area (Å²) in [6.45, 7) is 4.43. The van der Waals surface area contributed by atoms with Crippen LogP contribution < -0.4 is 11.5 Å². The van der Waals surface area contributed by atoms with Crippen LogP contribution in [-0.4, -0.2) is 11.1 Å². The van der Waals surface area contributed by atoms with E-state index in [4.69, 9.17) is 11.5 Å². The summed E-state index contributed by atoms with van der Waals surface area (Å²) in [6.07, 6.45) is 12.3. The van der Waals surface area contributed by atoms with Crippen molar-refractivity contribution in [2.45, 2.75) is 89.1 Å². The molecule has 0 aromatic rings. The van der Waals surface area contributed by atoms with Gasteiger partial charge in [-0.15, -0.1) is 0 Å². The van der Waals surface area contributed by atoms with Crippen molar-refractivity contribution in [3.63, 3.8) is 0 Å². The van der Waals surface area contributed by atoms with Crippen LogP contribution in [0.2, 0.25) is 0 Å². The van der Waals surface area contributed by atoms with E-state index in [1.807, 2.05) is 0 Å². The molecule has 2 heteroatoms. The van der Waals surface area contributed by atoms with Gasteiger partial charge in [0.2, 0.25) is 0 Å². The molecule has 1 aliphatic rings. The highest BCUT2D eigenvalue weighted by Crippen LogP contribution is 2.25. The van der Waals surface area contributed by atoms with E-state index < -0.39 is 0 Å². The van der Waals surface area contributed by atoms with Gasteiger partial charge in [0, 0.05) is 11.1 Å². The van der Waals surface area contributed by atoms with Crippen LogP contribution in [0.25, 0.3) is 0 Å². The second-order valence-corrected chi connectivity index (χ2v) is 6.43. The molecule has 2 nitrogen and oxygen atoms in total. The van der Waals surface area contributed by atoms with E-state index >= 15 is 0 Å². The monoisotopic (exact) mass is 226 g/mol. The predicted molar refractivity (Wildman–Crippen MR) is 71.4 cm³/mol. The van der Waals surface area contributed by atoms with Crippen LogP contribution in [0.5, 0.6) is 0 Å². The molecule has 1 aliphatic carbocycles. The van der Waals surface area contributed by atoms with Crippen LogP contribution in [0.1, 0.15) is 78.1 Å². The van der Waals surface area contributed by atoms with E-state index in [0.29, 0.717) is 0 Å². The van der Waals surface area contributed by atoms with Crippen molar-refractivity contribution in [1.29, 1.82) is 0 Å². The molecule has 0 aliphatic heterocycles. The van der Waals surface area contributed by atoms with Crippen molar-refractivity contribution in [1.82, 2.24) is 0 Å². The second kappa shape index (κ2) is 6.02. The highest BCUT2D eigenvalue weighted by atomic mass is 14.7. The Morgan fingerprint density at radius 3 is 1.06 bits per heavy atom. The molecule has 16 heavy (non-hydrogen) atoms. The van der Waals surface area contributed by atoms with Gasteiger partial charge in [-0.2, -0.15) is 0 Å². The lowest BCUT2D eigenvalue weighted by atomic mass is 9.84. The lowest BCUT2D eigenvalue weighted by Crippen LogP contribution is -2.37. The highest BCUT2D eigenvalue weighted by molar-refractivity contribution is 4.82. The minimum Gasteiger partial charge on any atom is -0.325 e. The topological polar surface area (TPSA) is 52.0 Å². The summed E-state index contributed by atoms with van der Waals surface area (Å²) >= 11 is 0. The Bertz CT molecular complexity index is 159. The minimum atomic E-state index is 0.0746. The van der Waals surface area contributed by atoms with Gasteiger partial charge < -0.3 is 11.5 Å². The van der Waals surface area contributed by atoms with Gasteiger partial charge in [-0.25, -0.2) is 0 Å². The first-order valence-corrected chi connectivity index (χ1v) is 6.99. The Morgan fingerprint density at radius 1 is 0.562 bits per heavy atom. The molecule has 0 aromatic carbocycles. The maximum absolute atomic E-state index is 6.29. The van der Waals surface area contributed by atoms with E-state index in [2.05, 4.69) is 13.8 Å². The van der Waals surface area contributed by atoms with Crippen LogP contribution in [0.4, 0.5) is 0 Å². The highest BCUT2D eigenvalue weighted by Gasteiger charge is 2.21. The van der Waals surface area contributed by atoms with Crippen molar-refractivity contribution in [3.05, 3.63) is 0 Å². The second-order valence-electron chi connectivity index (χ2n) is 6.43. The molecule has 0 unspecified atom stereocenters. The van der Waals surface area contributed by atoms with E-state index in [9.17, 15) is 0 Å². The molecule has 0 aromatic heterocycles. The average molecular weight is 226 g/mol. The number of hydrogen-bond donors (Lipinski definition) is 2. The SMILES string of the molecule is CC1(N)CCCCCC(C)(N)CCCCC1. The normalized spacial score (nSPS) is 39.8. The first-order chi connectivity index (χ1) is 7.41. The third-order valence-corrected chi connectivity index (χ3v) is 3.99. The molecule has 96 valence electrons. The minimum absolute atomic E-state index is 0.0746. The fraction of sp³-hybridized carbons (Fsp3) is 1.00. The average Bonchev–Trinajstić information content (AvgIpc) is 2.14. The van der Waals surface area contributed by atoms with Gasteiger partial charge in [-0.3, -0.25) is 0 Å². The summed E-state index contributed by atoms with van der Waals surface area (Å²) in [5.41, 5.74) is 12.7. The van der Waals surface area contributed by atoms with Crippen LogP contribution in [-0.2, 0) is 0 Å². The van der Waals surface area contributed by atoms with E-state index in [0.717, 1.165) is 0 Å². The summed E-state index contributed by atoms with van der Waals surface area (Å²) in [5.74, 6) is 0. The van der Waals surface area contributed by atoms with E-state index in [-0.39, 0.29) is 11.1 Å². The molecule has 1 saturated carbocycles. The summed E-state index contributed by atoms with van der Waals surface area (Å²) < 4.78 is 0. The van der Waals surface area contributed by atoms with Gasteiger partial charge in [0.05, 0.1) is 0 Å². The lowest BCUT2D eigenvalue weighted by molar-refractivity contribution is 0.322. The van der Waals surface area contributed by atoms with Crippen molar-refractivity contribution >= 4 is 0 Å². The van der Waals surface area contributed by atoms with Crippen molar-refractivity contribution < 1.29 is 0 Å². The molecular formula is C14H30N2. The quantitative estimate of drug-likeness (QED) is 0.665. The van der Waals surface area contributed by atoms with Gasteiger partial charge in [-0.05, 0) is 39.5 Å². The Kier molecular flexibility index (Phi) is 5.26. The van der Waals surface area contributed by atoms with Gasteiger partial charge in [-0.1, -0.05) is 38.5 Å².